The highest BCUT2D eigenvalue weighted by Crippen LogP contribution is 2.30. The number of hydrazone groups is 1. The third kappa shape index (κ3) is 4.07. The minimum absolute atomic E-state index is 0.206. The number of carbonyl (C=O) groups is 1. The van der Waals surface area contributed by atoms with Gasteiger partial charge in [-0.05, 0) is 32.0 Å². The Bertz CT molecular complexity index is 536. The molecular formula is C15H18F3N3O. The second kappa shape index (κ2) is 7.93. The van der Waals surface area contributed by atoms with Crippen molar-refractivity contribution in [2.45, 2.75) is 31.7 Å². The Kier molecular flexibility index (Phi) is 5.94. The molecule has 1 atom stereocenters. The maximum atomic E-state index is 13.4. The second-order valence-corrected chi connectivity index (χ2v) is 5.14. The standard InChI is InChI=1S/C10H7F3N2O.C5H11N/c11-6-3-7(10(13)8(12)4-6)9-1-2-14-15(9)5-16;1-2-4-6-5-3-1/h2-5,9H,1H2;6H,1-5H2. The van der Waals surface area contributed by atoms with E-state index in [4.69, 9.17) is 0 Å². The van der Waals surface area contributed by atoms with Crippen molar-refractivity contribution < 1.29 is 18.0 Å². The number of halogens is 3. The van der Waals surface area contributed by atoms with Gasteiger partial charge in [-0.25, -0.2) is 18.2 Å². The molecule has 1 amide bonds. The normalized spacial score (nSPS) is 20.5. The molecule has 1 saturated heterocycles. The number of piperidine rings is 1. The first-order valence-electron chi connectivity index (χ1n) is 7.24. The predicted molar refractivity (Wildman–Crippen MR) is 76.8 cm³/mol. The van der Waals surface area contributed by atoms with Gasteiger partial charge in [0.2, 0.25) is 6.41 Å². The molecule has 22 heavy (non-hydrogen) atoms. The maximum Gasteiger partial charge on any atom is 0.230 e. The summed E-state index contributed by atoms with van der Waals surface area (Å²) in [6.07, 6.45) is 6.23. The quantitative estimate of drug-likeness (QED) is 0.674. The Morgan fingerprint density at radius 3 is 2.45 bits per heavy atom. The first kappa shape index (κ1) is 16.5. The largest absolute Gasteiger partial charge is 0.317 e. The van der Waals surface area contributed by atoms with Crippen LogP contribution in [-0.4, -0.2) is 30.7 Å². The average molecular weight is 313 g/mol. The molecule has 0 spiro atoms. The number of hydrogen-bond donors (Lipinski definition) is 1. The zero-order valence-corrected chi connectivity index (χ0v) is 12.1. The summed E-state index contributed by atoms with van der Waals surface area (Å²) < 4.78 is 39.3. The molecule has 1 fully saturated rings. The summed E-state index contributed by atoms with van der Waals surface area (Å²) in [4.78, 5) is 10.6. The lowest BCUT2D eigenvalue weighted by Gasteiger charge is -2.18. The Labute approximate surface area is 127 Å². The Morgan fingerprint density at radius 1 is 1.18 bits per heavy atom. The van der Waals surface area contributed by atoms with Crippen molar-refractivity contribution in [3.8, 4) is 0 Å². The average Bonchev–Trinajstić information content (AvgIpc) is 3.01. The van der Waals surface area contributed by atoms with Crippen LogP contribution in [0.15, 0.2) is 17.2 Å². The van der Waals surface area contributed by atoms with Crippen LogP contribution in [-0.2, 0) is 4.79 Å². The molecule has 1 aromatic carbocycles. The number of nitrogens with zero attached hydrogens (tertiary/aromatic N) is 2. The van der Waals surface area contributed by atoms with Crippen molar-refractivity contribution >= 4 is 12.6 Å². The molecule has 7 heteroatoms. The van der Waals surface area contributed by atoms with Gasteiger partial charge in [-0.1, -0.05) is 6.42 Å². The summed E-state index contributed by atoms with van der Waals surface area (Å²) in [6, 6.07) is 0.552. The number of nitrogens with one attached hydrogen (secondary N) is 1. The molecule has 2 heterocycles. The Morgan fingerprint density at radius 2 is 1.91 bits per heavy atom. The van der Waals surface area contributed by atoms with E-state index in [9.17, 15) is 18.0 Å². The fraction of sp³-hybridized carbons (Fsp3) is 0.467. The van der Waals surface area contributed by atoms with E-state index in [2.05, 4.69) is 10.4 Å². The number of carbonyl (C=O) groups excluding carboxylic acids is 1. The molecule has 1 unspecified atom stereocenters. The number of hydrogen-bond acceptors (Lipinski definition) is 3. The van der Waals surface area contributed by atoms with Crippen LogP contribution in [0.25, 0.3) is 0 Å². The molecule has 0 saturated carbocycles. The smallest absolute Gasteiger partial charge is 0.230 e. The van der Waals surface area contributed by atoms with E-state index in [1.807, 2.05) is 0 Å². The third-order valence-corrected chi connectivity index (χ3v) is 3.56. The van der Waals surface area contributed by atoms with Gasteiger partial charge >= 0.3 is 0 Å². The van der Waals surface area contributed by atoms with E-state index in [0.29, 0.717) is 12.5 Å². The van der Waals surface area contributed by atoms with Crippen LogP contribution < -0.4 is 5.32 Å². The molecule has 120 valence electrons. The predicted octanol–water partition coefficient (Wildman–Crippen LogP) is 2.75. The highest BCUT2D eigenvalue weighted by molar-refractivity contribution is 5.65. The zero-order chi connectivity index (χ0) is 15.9. The third-order valence-electron chi connectivity index (χ3n) is 3.56. The van der Waals surface area contributed by atoms with Gasteiger partial charge in [0.1, 0.15) is 5.82 Å². The maximum absolute atomic E-state index is 13.4. The van der Waals surface area contributed by atoms with Gasteiger partial charge in [0.05, 0.1) is 6.04 Å². The second-order valence-electron chi connectivity index (χ2n) is 5.14. The van der Waals surface area contributed by atoms with Crippen LogP contribution in [0.1, 0.15) is 37.3 Å². The van der Waals surface area contributed by atoms with Crippen LogP contribution in [0.4, 0.5) is 13.2 Å². The Hall–Kier alpha value is -1.89. The molecule has 2 aliphatic rings. The topological polar surface area (TPSA) is 44.7 Å². The summed E-state index contributed by atoms with van der Waals surface area (Å²) in [6.45, 7) is 2.50. The molecule has 2 aliphatic heterocycles. The molecule has 4 nitrogen and oxygen atoms in total. The van der Waals surface area contributed by atoms with Gasteiger partial charge in [-0.3, -0.25) is 4.79 Å². The van der Waals surface area contributed by atoms with Gasteiger partial charge in [-0.15, -0.1) is 0 Å². The molecular weight excluding hydrogens is 295 g/mol. The van der Waals surface area contributed by atoms with Crippen molar-refractivity contribution in [2.75, 3.05) is 13.1 Å². The molecule has 0 radical (unpaired) electrons. The highest BCUT2D eigenvalue weighted by Gasteiger charge is 2.27. The van der Waals surface area contributed by atoms with Crippen molar-refractivity contribution in [1.82, 2.24) is 10.3 Å². The Balaban J connectivity index is 0.000000246. The number of rotatable bonds is 2. The molecule has 0 aliphatic carbocycles. The van der Waals surface area contributed by atoms with Gasteiger partial charge < -0.3 is 5.32 Å². The van der Waals surface area contributed by atoms with E-state index in [-0.39, 0.29) is 12.0 Å². The fourth-order valence-electron chi connectivity index (χ4n) is 2.42. The van der Waals surface area contributed by atoms with Gasteiger partial charge in [0.25, 0.3) is 0 Å². The molecule has 3 rings (SSSR count). The summed E-state index contributed by atoms with van der Waals surface area (Å²) in [5, 5.41) is 7.85. The first-order valence-corrected chi connectivity index (χ1v) is 7.24. The monoisotopic (exact) mass is 313 g/mol. The lowest BCUT2D eigenvalue weighted by atomic mass is 10.0. The number of benzene rings is 1. The van der Waals surface area contributed by atoms with E-state index >= 15 is 0 Å². The lowest BCUT2D eigenvalue weighted by Crippen LogP contribution is -2.21. The minimum atomic E-state index is -1.27. The first-order chi connectivity index (χ1) is 10.6. The number of amides is 1. The van der Waals surface area contributed by atoms with Crippen LogP contribution in [0.3, 0.4) is 0 Å². The van der Waals surface area contributed by atoms with Crippen LogP contribution in [0, 0.1) is 17.5 Å². The zero-order valence-electron chi connectivity index (χ0n) is 12.1. The van der Waals surface area contributed by atoms with Crippen LogP contribution in [0.2, 0.25) is 0 Å². The van der Waals surface area contributed by atoms with Gasteiger partial charge in [0, 0.05) is 24.3 Å². The van der Waals surface area contributed by atoms with Crippen molar-refractivity contribution in [3.63, 3.8) is 0 Å². The summed E-state index contributed by atoms with van der Waals surface area (Å²) in [7, 11) is 0. The summed E-state index contributed by atoms with van der Waals surface area (Å²) in [5.74, 6) is -3.30. The van der Waals surface area contributed by atoms with E-state index in [1.54, 1.807) is 0 Å². The van der Waals surface area contributed by atoms with E-state index in [1.165, 1.54) is 38.6 Å². The van der Waals surface area contributed by atoms with E-state index < -0.39 is 23.5 Å². The van der Waals surface area contributed by atoms with Crippen molar-refractivity contribution in [3.05, 3.63) is 35.1 Å². The highest BCUT2D eigenvalue weighted by atomic mass is 19.2. The lowest BCUT2D eigenvalue weighted by molar-refractivity contribution is -0.119. The molecule has 0 bridgehead atoms. The van der Waals surface area contributed by atoms with Gasteiger partial charge in [0.15, 0.2) is 11.6 Å². The summed E-state index contributed by atoms with van der Waals surface area (Å²) >= 11 is 0. The SMILES string of the molecule is C1CCNCC1.O=CN1N=CCC1c1cc(F)cc(F)c1F. The fourth-order valence-corrected chi connectivity index (χ4v) is 2.42. The van der Waals surface area contributed by atoms with Crippen molar-refractivity contribution in [1.29, 1.82) is 0 Å². The van der Waals surface area contributed by atoms with E-state index in [0.717, 1.165) is 11.1 Å². The molecule has 1 N–H and O–H groups in total. The van der Waals surface area contributed by atoms with Gasteiger partial charge in [-0.2, -0.15) is 5.10 Å². The van der Waals surface area contributed by atoms with Crippen LogP contribution >= 0.6 is 0 Å². The molecule has 0 aromatic heterocycles. The minimum Gasteiger partial charge on any atom is -0.317 e. The van der Waals surface area contributed by atoms with Crippen molar-refractivity contribution in [2.24, 2.45) is 5.10 Å². The summed E-state index contributed by atoms with van der Waals surface area (Å²) in [5.41, 5.74) is -0.206. The molecule has 1 aromatic rings. The van der Waals surface area contributed by atoms with Crippen LogP contribution in [0.5, 0.6) is 0 Å².